The van der Waals surface area contributed by atoms with E-state index >= 15 is 0 Å². The molecule has 122 valence electrons. The minimum atomic E-state index is -0.750. The zero-order valence-corrected chi connectivity index (χ0v) is 13.9. The number of urea groups is 1. The number of rotatable bonds is 9. The van der Waals surface area contributed by atoms with E-state index in [1.54, 1.807) is 0 Å². The summed E-state index contributed by atoms with van der Waals surface area (Å²) in [5, 5.41) is 15.1. The lowest BCUT2D eigenvalue weighted by molar-refractivity contribution is -0.137. The van der Waals surface area contributed by atoms with Gasteiger partial charge in [-0.1, -0.05) is 13.8 Å². The molecule has 5 nitrogen and oxygen atoms in total. The maximum atomic E-state index is 11.7. The number of hydrogen-bond acceptors (Lipinski definition) is 3. The molecule has 1 heterocycles. The molecule has 0 aliphatic carbocycles. The van der Waals surface area contributed by atoms with Crippen molar-refractivity contribution in [3.63, 3.8) is 0 Å². The summed E-state index contributed by atoms with van der Waals surface area (Å²) in [6.07, 6.45) is 4.15. The maximum absolute atomic E-state index is 11.7. The molecule has 0 radical (unpaired) electrons. The Morgan fingerprint density at radius 2 is 2.05 bits per heavy atom. The summed E-state index contributed by atoms with van der Waals surface area (Å²) < 4.78 is 0. The first-order valence-electron chi connectivity index (χ1n) is 7.84. The van der Waals surface area contributed by atoms with Gasteiger partial charge in [0.15, 0.2) is 0 Å². The molecule has 0 spiro atoms. The third-order valence-electron chi connectivity index (χ3n) is 3.99. The number of carbonyl (C=O) groups excluding carboxylic acids is 1. The molecule has 1 aliphatic rings. The average molecular weight is 316 g/mol. The van der Waals surface area contributed by atoms with Gasteiger partial charge in [-0.05, 0) is 43.3 Å². The van der Waals surface area contributed by atoms with Crippen LogP contribution >= 0.6 is 11.8 Å². The summed E-state index contributed by atoms with van der Waals surface area (Å²) in [4.78, 5) is 22.3. The van der Waals surface area contributed by atoms with Crippen molar-refractivity contribution in [1.29, 1.82) is 0 Å². The Labute approximate surface area is 131 Å². The predicted octanol–water partition coefficient (Wildman–Crippen LogP) is 2.71. The molecule has 1 fully saturated rings. The second-order valence-corrected chi connectivity index (χ2v) is 7.41. The van der Waals surface area contributed by atoms with Gasteiger partial charge in [0.25, 0.3) is 0 Å². The Hall–Kier alpha value is -0.910. The molecule has 1 saturated heterocycles. The van der Waals surface area contributed by atoms with Gasteiger partial charge in [0.05, 0.1) is 0 Å². The highest BCUT2D eigenvalue weighted by Crippen LogP contribution is 2.25. The van der Waals surface area contributed by atoms with E-state index in [0.717, 1.165) is 13.0 Å². The molecule has 0 aromatic rings. The number of hydrogen-bond donors (Lipinski definition) is 3. The van der Waals surface area contributed by atoms with Crippen LogP contribution in [0.2, 0.25) is 0 Å². The van der Waals surface area contributed by atoms with Crippen LogP contribution in [-0.4, -0.2) is 41.2 Å². The van der Waals surface area contributed by atoms with Crippen molar-refractivity contribution in [2.75, 3.05) is 18.8 Å². The number of aliphatic carboxylic acids is 1. The zero-order valence-electron chi connectivity index (χ0n) is 13.1. The SMILES string of the molecule is CC(C)C(CCNC(=O)NCC1CCCS1)CCC(=O)O. The number of nitrogens with one attached hydrogen (secondary N) is 2. The van der Waals surface area contributed by atoms with Gasteiger partial charge >= 0.3 is 12.0 Å². The second kappa shape index (κ2) is 9.92. The fraction of sp³-hybridized carbons (Fsp3) is 0.867. The van der Waals surface area contributed by atoms with E-state index in [2.05, 4.69) is 24.5 Å². The molecular weight excluding hydrogens is 288 g/mol. The first-order valence-corrected chi connectivity index (χ1v) is 8.89. The van der Waals surface area contributed by atoms with Crippen LogP contribution in [0.4, 0.5) is 4.79 Å². The lowest BCUT2D eigenvalue weighted by Gasteiger charge is -2.20. The summed E-state index contributed by atoms with van der Waals surface area (Å²) in [5.74, 6) is 1.23. The fourth-order valence-corrected chi connectivity index (χ4v) is 3.77. The monoisotopic (exact) mass is 316 g/mol. The summed E-state index contributed by atoms with van der Waals surface area (Å²) in [7, 11) is 0. The van der Waals surface area contributed by atoms with Crippen LogP contribution in [0.1, 0.15) is 46.0 Å². The van der Waals surface area contributed by atoms with Crippen molar-refractivity contribution in [3.05, 3.63) is 0 Å². The Bertz CT molecular complexity index is 331. The molecule has 0 aromatic carbocycles. The number of carboxylic acids is 1. The molecule has 0 saturated carbocycles. The van der Waals surface area contributed by atoms with Crippen molar-refractivity contribution in [2.45, 2.75) is 51.2 Å². The molecule has 1 rings (SSSR count). The largest absolute Gasteiger partial charge is 0.481 e. The Morgan fingerprint density at radius 1 is 1.29 bits per heavy atom. The molecular formula is C15H28N2O3S. The lowest BCUT2D eigenvalue weighted by Crippen LogP contribution is -2.39. The second-order valence-electron chi connectivity index (χ2n) is 6.00. The van der Waals surface area contributed by atoms with Gasteiger partial charge in [-0.2, -0.15) is 11.8 Å². The van der Waals surface area contributed by atoms with E-state index in [9.17, 15) is 9.59 Å². The van der Waals surface area contributed by atoms with Gasteiger partial charge in [0.2, 0.25) is 0 Å². The standard InChI is InChI=1S/C15H28N2O3S/c1-11(2)12(5-6-14(18)19)7-8-16-15(20)17-10-13-4-3-9-21-13/h11-13H,3-10H2,1-2H3,(H,18,19)(H2,16,17,20). The van der Waals surface area contributed by atoms with E-state index < -0.39 is 5.97 Å². The average Bonchev–Trinajstić information content (AvgIpc) is 2.92. The molecule has 1 aliphatic heterocycles. The van der Waals surface area contributed by atoms with E-state index in [0.29, 0.717) is 30.1 Å². The third-order valence-corrected chi connectivity index (χ3v) is 5.38. The Balaban J connectivity index is 2.13. The number of amides is 2. The molecule has 6 heteroatoms. The highest BCUT2D eigenvalue weighted by molar-refractivity contribution is 8.00. The van der Waals surface area contributed by atoms with Gasteiger partial charge in [-0.3, -0.25) is 4.79 Å². The van der Waals surface area contributed by atoms with Crippen molar-refractivity contribution in [3.8, 4) is 0 Å². The summed E-state index contributed by atoms with van der Waals surface area (Å²) in [6.45, 7) is 5.54. The fourth-order valence-electron chi connectivity index (χ4n) is 2.57. The first kappa shape index (κ1) is 18.1. The topological polar surface area (TPSA) is 78.4 Å². The van der Waals surface area contributed by atoms with Crippen molar-refractivity contribution in [1.82, 2.24) is 10.6 Å². The first-order chi connectivity index (χ1) is 9.99. The van der Waals surface area contributed by atoms with E-state index in [4.69, 9.17) is 5.11 Å². The smallest absolute Gasteiger partial charge is 0.314 e. The molecule has 3 N–H and O–H groups in total. The van der Waals surface area contributed by atoms with Crippen LogP contribution in [0.25, 0.3) is 0 Å². The number of carboxylic acid groups (broad SMARTS) is 1. The summed E-state index contributed by atoms with van der Waals surface area (Å²) >= 11 is 1.93. The van der Waals surface area contributed by atoms with Crippen LogP contribution in [-0.2, 0) is 4.79 Å². The number of thioether (sulfide) groups is 1. The minimum absolute atomic E-state index is 0.108. The molecule has 0 aromatic heterocycles. The van der Waals surface area contributed by atoms with Crippen LogP contribution in [0.3, 0.4) is 0 Å². The summed E-state index contributed by atoms with van der Waals surface area (Å²) in [6, 6.07) is -0.108. The van der Waals surface area contributed by atoms with Gasteiger partial charge in [-0.15, -0.1) is 0 Å². The van der Waals surface area contributed by atoms with Gasteiger partial charge in [0.1, 0.15) is 0 Å². The predicted molar refractivity (Wildman–Crippen MR) is 86.7 cm³/mol. The van der Waals surface area contributed by atoms with E-state index in [1.165, 1.54) is 18.6 Å². The van der Waals surface area contributed by atoms with Crippen molar-refractivity contribution < 1.29 is 14.7 Å². The molecule has 2 amide bonds. The number of carbonyl (C=O) groups is 2. The molecule has 21 heavy (non-hydrogen) atoms. The third kappa shape index (κ3) is 8.19. The normalized spacial score (nSPS) is 19.5. The highest BCUT2D eigenvalue weighted by atomic mass is 32.2. The van der Waals surface area contributed by atoms with Crippen LogP contribution in [0, 0.1) is 11.8 Å². The van der Waals surface area contributed by atoms with Gasteiger partial charge < -0.3 is 15.7 Å². The Morgan fingerprint density at radius 3 is 2.62 bits per heavy atom. The van der Waals surface area contributed by atoms with Crippen LogP contribution in [0.15, 0.2) is 0 Å². The molecule has 2 atom stereocenters. The molecule has 2 unspecified atom stereocenters. The van der Waals surface area contributed by atoms with Crippen molar-refractivity contribution in [2.24, 2.45) is 11.8 Å². The lowest BCUT2D eigenvalue weighted by atomic mass is 9.88. The minimum Gasteiger partial charge on any atom is -0.481 e. The summed E-state index contributed by atoms with van der Waals surface area (Å²) in [5.41, 5.74) is 0. The van der Waals surface area contributed by atoms with E-state index in [1.807, 2.05) is 11.8 Å². The Kier molecular flexibility index (Phi) is 8.57. The molecule has 0 bridgehead atoms. The van der Waals surface area contributed by atoms with Gasteiger partial charge in [0, 0.05) is 24.8 Å². The highest BCUT2D eigenvalue weighted by Gasteiger charge is 2.17. The van der Waals surface area contributed by atoms with Gasteiger partial charge in [-0.25, -0.2) is 4.79 Å². The van der Waals surface area contributed by atoms with E-state index in [-0.39, 0.29) is 12.5 Å². The van der Waals surface area contributed by atoms with Crippen molar-refractivity contribution >= 4 is 23.8 Å². The van der Waals surface area contributed by atoms with Crippen LogP contribution < -0.4 is 10.6 Å². The van der Waals surface area contributed by atoms with Crippen LogP contribution in [0.5, 0.6) is 0 Å². The quantitative estimate of drug-likeness (QED) is 0.611. The zero-order chi connectivity index (χ0) is 15.7. The maximum Gasteiger partial charge on any atom is 0.314 e.